The normalized spacial score (nSPS) is 11.0. The number of phenols is 3. The quantitative estimate of drug-likeness (QED) is 0.638. The van der Waals surface area contributed by atoms with Crippen LogP contribution in [0.15, 0.2) is 36.4 Å². The molecule has 6 heteroatoms. The average Bonchev–Trinajstić information content (AvgIpc) is 2.67. The summed E-state index contributed by atoms with van der Waals surface area (Å²) in [4.78, 5) is 0. The number of aromatic nitrogens is 2. The molecule has 2 aromatic carbocycles. The highest BCUT2D eigenvalue weighted by Gasteiger charge is 2.14. The molecule has 0 saturated carbocycles. The van der Waals surface area contributed by atoms with Crippen molar-refractivity contribution >= 4 is 22.5 Å². The van der Waals surface area contributed by atoms with E-state index in [4.69, 9.17) is 11.6 Å². The summed E-state index contributed by atoms with van der Waals surface area (Å²) in [5.41, 5.74) is 0.939. The fourth-order valence-corrected chi connectivity index (χ4v) is 2.17. The lowest BCUT2D eigenvalue weighted by molar-refractivity contribution is 0.448. The molecule has 0 unspecified atom stereocenters. The molecule has 0 bridgehead atoms. The molecule has 0 fully saturated rings. The maximum absolute atomic E-state index is 9.82. The number of nitrogens with zero attached hydrogens (tertiary/aromatic N) is 2. The van der Waals surface area contributed by atoms with Gasteiger partial charge < -0.3 is 15.3 Å². The topological polar surface area (TPSA) is 78.5 Å². The van der Waals surface area contributed by atoms with Gasteiger partial charge in [-0.1, -0.05) is 11.6 Å². The van der Waals surface area contributed by atoms with Gasteiger partial charge in [0, 0.05) is 11.5 Å². The number of phenolic OH excluding ortho intramolecular Hbond substituents is 3. The van der Waals surface area contributed by atoms with Crippen molar-refractivity contribution in [3.63, 3.8) is 0 Å². The maximum Gasteiger partial charge on any atom is 0.144 e. The Morgan fingerprint density at radius 1 is 0.947 bits per heavy atom. The Labute approximate surface area is 112 Å². The van der Waals surface area contributed by atoms with Crippen LogP contribution in [-0.4, -0.2) is 25.1 Å². The van der Waals surface area contributed by atoms with Gasteiger partial charge >= 0.3 is 0 Å². The van der Waals surface area contributed by atoms with E-state index in [9.17, 15) is 15.3 Å². The fourth-order valence-electron chi connectivity index (χ4n) is 1.89. The van der Waals surface area contributed by atoms with Gasteiger partial charge in [-0.3, -0.25) is 0 Å². The first-order valence-electron chi connectivity index (χ1n) is 5.46. The van der Waals surface area contributed by atoms with Crippen LogP contribution in [0.4, 0.5) is 0 Å². The third-order valence-corrected chi connectivity index (χ3v) is 3.15. The lowest BCUT2D eigenvalue weighted by Gasteiger charge is -2.05. The van der Waals surface area contributed by atoms with Crippen molar-refractivity contribution in [1.82, 2.24) is 9.78 Å². The molecule has 0 saturated heterocycles. The highest BCUT2D eigenvalue weighted by atomic mass is 35.5. The summed E-state index contributed by atoms with van der Waals surface area (Å²) in [7, 11) is 0. The summed E-state index contributed by atoms with van der Waals surface area (Å²) in [5.74, 6) is -0.102. The van der Waals surface area contributed by atoms with E-state index in [1.807, 2.05) is 0 Å². The third kappa shape index (κ3) is 1.84. The molecule has 0 aliphatic carbocycles. The Kier molecular flexibility index (Phi) is 2.50. The van der Waals surface area contributed by atoms with Gasteiger partial charge in [-0.15, -0.1) is 0 Å². The predicted octanol–water partition coefficient (Wildman–Crippen LogP) is 2.80. The maximum atomic E-state index is 9.82. The molecule has 0 spiro atoms. The van der Waals surface area contributed by atoms with E-state index in [-0.39, 0.29) is 22.4 Å². The fraction of sp³-hybridized carbons (Fsp3) is 0. The van der Waals surface area contributed by atoms with Gasteiger partial charge in [0.05, 0.1) is 5.52 Å². The van der Waals surface area contributed by atoms with Crippen LogP contribution in [-0.2, 0) is 0 Å². The van der Waals surface area contributed by atoms with Gasteiger partial charge in [-0.25, -0.2) is 4.68 Å². The van der Waals surface area contributed by atoms with Crippen LogP contribution in [0.1, 0.15) is 0 Å². The molecule has 0 amide bonds. The van der Waals surface area contributed by atoms with Crippen LogP contribution < -0.4 is 0 Å². The number of hydrogen-bond donors (Lipinski definition) is 3. The van der Waals surface area contributed by atoms with E-state index < -0.39 is 0 Å². The summed E-state index contributed by atoms with van der Waals surface area (Å²) >= 11 is 6.19. The summed E-state index contributed by atoms with van der Waals surface area (Å²) < 4.78 is 1.35. The first-order chi connectivity index (χ1) is 9.06. The van der Waals surface area contributed by atoms with Crippen molar-refractivity contribution in [3.05, 3.63) is 41.6 Å². The van der Waals surface area contributed by atoms with E-state index in [1.165, 1.54) is 35.0 Å². The van der Waals surface area contributed by atoms with E-state index >= 15 is 0 Å². The van der Waals surface area contributed by atoms with Gasteiger partial charge in [0.2, 0.25) is 0 Å². The second-order valence-corrected chi connectivity index (χ2v) is 4.44. The van der Waals surface area contributed by atoms with Crippen molar-refractivity contribution in [2.24, 2.45) is 0 Å². The Bertz CT molecular complexity index is 783. The molecule has 1 heterocycles. The summed E-state index contributed by atoms with van der Waals surface area (Å²) in [6, 6.07) is 8.77. The van der Waals surface area contributed by atoms with Gasteiger partial charge in [0.15, 0.2) is 0 Å². The monoisotopic (exact) mass is 276 g/mol. The molecular formula is C13H9ClN2O3. The Balaban J connectivity index is 2.28. The van der Waals surface area contributed by atoms with E-state index in [0.29, 0.717) is 16.6 Å². The molecule has 0 aliphatic heterocycles. The number of aromatic hydroxyl groups is 3. The first kappa shape index (κ1) is 11.7. The van der Waals surface area contributed by atoms with Gasteiger partial charge in [-0.2, -0.15) is 5.10 Å². The molecule has 5 nitrogen and oxygen atoms in total. The van der Waals surface area contributed by atoms with Crippen molar-refractivity contribution in [2.45, 2.75) is 0 Å². The number of hydrogen-bond acceptors (Lipinski definition) is 4. The Morgan fingerprint density at radius 2 is 1.63 bits per heavy atom. The molecule has 3 rings (SSSR count). The van der Waals surface area contributed by atoms with Gasteiger partial charge in [0.1, 0.15) is 28.1 Å². The van der Waals surface area contributed by atoms with Crippen LogP contribution in [0, 0.1) is 0 Å². The molecule has 0 radical (unpaired) electrons. The molecule has 0 atom stereocenters. The third-order valence-electron chi connectivity index (χ3n) is 2.78. The SMILES string of the molecule is Oc1ccc(-n2nc3ccc(O)cc3c2Cl)c(O)c1. The van der Waals surface area contributed by atoms with Crippen LogP contribution in [0.2, 0.25) is 5.15 Å². The molecule has 3 aromatic rings. The average molecular weight is 277 g/mol. The standard InChI is InChI=1S/C13H9ClN2O3/c14-13-9-5-7(17)1-3-10(9)15-16(13)11-4-2-8(18)6-12(11)19/h1-6,17-19H. The summed E-state index contributed by atoms with van der Waals surface area (Å²) in [5, 5.41) is 33.6. The van der Waals surface area contributed by atoms with E-state index in [1.54, 1.807) is 6.07 Å². The van der Waals surface area contributed by atoms with Gasteiger partial charge in [0.25, 0.3) is 0 Å². The second kappa shape index (κ2) is 4.07. The number of benzene rings is 2. The van der Waals surface area contributed by atoms with Crippen molar-refractivity contribution < 1.29 is 15.3 Å². The van der Waals surface area contributed by atoms with Gasteiger partial charge in [-0.05, 0) is 30.3 Å². The lowest BCUT2D eigenvalue weighted by Crippen LogP contribution is -1.96. The molecule has 19 heavy (non-hydrogen) atoms. The smallest absolute Gasteiger partial charge is 0.144 e. The molecular weight excluding hydrogens is 268 g/mol. The van der Waals surface area contributed by atoms with Crippen LogP contribution in [0.3, 0.4) is 0 Å². The predicted molar refractivity (Wildman–Crippen MR) is 71.1 cm³/mol. The van der Waals surface area contributed by atoms with Crippen molar-refractivity contribution in [2.75, 3.05) is 0 Å². The minimum atomic E-state index is -0.140. The molecule has 0 aliphatic rings. The summed E-state index contributed by atoms with van der Waals surface area (Å²) in [6.07, 6.45) is 0. The second-order valence-electron chi connectivity index (χ2n) is 4.08. The molecule has 1 aromatic heterocycles. The Morgan fingerprint density at radius 3 is 2.37 bits per heavy atom. The summed E-state index contributed by atoms with van der Waals surface area (Å²) in [6.45, 7) is 0. The van der Waals surface area contributed by atoms with Crippen molar-refractivity contribution in [3.8, 4) is 22.9 Å². The largest absolute Gasteiger partial charge is 0.508 e. The highest BCUT2D eigenvalue weighted by Crippen LogP contribution is 2.33. The van der Waals surface area contributed by atoms with E-state index in [0.717, 1.165) is 0 Å². The van der Waals surface area contributed by atoms with Crippen molar-refractivity contribution in [1.29, 1.82) is 0 Å². The zero-order valence-corrected chi connectivity index (χ0v) is 10.3. The van der Waals surface area contributed by atoms with Crippen LogP contribution in [0.25, 0.3) is 16.6 Å². The number of rotatable bonds is 1. The highest BCUT2D eigenvalue weighted by molar-refractivity contribution is 6.34. The zero-order chi connectivity index (χ0) is 13.6. The minimum absolute atomic E-state index is 0.0493. The number of fused-ring (bicyclic) bond motifs is 1. The van der Waals surface area contributed by atoms with Crippen LogP contribution in [0.5, 0.6) is 17.2 Å². The Hall–Kier alpha value is -2.40. The zero-order valence-electron chi connectivity index (χ0n) is 9.58. The number of halogens is 1. The first-order valence-corrected chi connectivity index (χ1v) is 5.83. The lowest BCUT2D eigenvalue weighted by atomic mass is 10.2. The van der Waals surface area contributed by atoms with E-state index in [2.05, 4.69) is 5.10 Å². The minimum Gasteiger partial charge on any atom is -0.508 e. The molecule has 3 N–H and O–H groups in total. The molecule has 96 valence electrons. The van der Waals surface area contributed by atoms with Crippen LogP contribution >= 0.6 is 11.6 Å².